The van der Waals surface area contributed by atoms with Gasteiger partial charge >= 0.3 is 0 Å². The molecule has 2 N–H and O–H groups in total. The number of hydrogen-bond donors (Lipinski definition) is 1. The van der Waals surface area contributed by atoms with Crippen molar-refractivity contribution in [3.63, 3.8) is 0 Å². The summed E-state index contributed by atoms with van der Waals surface area (Å²) in [6.07, 6.45) is 0.963. The van der Waals surface area contributed by atoms with Gasteiger partial charge in [0.1, 0.15) is 5.01 Å². The lowest BCUT2D eigenvalue weighted by atomic mass is 10.1. The van der Waals surface area contributed by atoms with E-state index in [2.05, 4.69) is 36.7 Å². The van der Waals surface area contributed by atoms with Crippen molar-refractivity contribution >= 4 is 22.7 Å². The molecule has 2 aromatic rings. The van der Waals surface area contributed by atoms with E-state index in [1.165, 1.54) is 21.0 Å². The highest BCUT2D eigenvalue weighted by atomic mass is 32.1. The van der Waals surface area contributed by atoms with E-state index < -0.39 is 0 Å². The van der Waals surface area contributed by atoms with Gasteiger partial charge in [0.25, 0.3) is 0 Å². The van der Waals surface area contributed by atoms with Crippen LogP contribution in [0.4, 0.5) is 0 Å². The van der Waals surface area contributed by atoms with Crippen LogP contribution in [-0.4, -0.2) is 30.5 Å². The fraction of sp³-hybridized carbons (Fsp3) is 0.462. The lowest BCUT2D eigenvalue weighted by molar-refractivity contribution is 0.402. The molecule has 0 radical (unpaired) electrons. The second-order valence-electron chi connectivity index (χ2n) is 4.60. The quantitative estimate of drug-likeness (QED) is 0.916. The minimum absolute atomic E-state index is 0.712. The number of aromatic nitrogens is 1. The minimum Gasteiger partial charge on any atom is -0.330 e. The van der Waals surface area contributed by atoms with E-state index in [0.29, 0.717) is 6.54 Å². The molecule has 0 fully saturated rings. The third kappa shape index (κ3) is 2.98. The first-order valence-electron chi connectivity index (χ1n) is 5.98. The van der Waals surface area contributed by atoms with Gasteiger partial charge in [-0.15, -0.1) is 22.7 Å². The molecular formula is C13H19N3S2. The van der Waals surface area contributed by atoms with Crippen LogP contribution in [0.2, 0.25) is 0 Å². The molecule has 0 aromatic carbocycles. The second kappa shape index (κ2) is 5.93. The summed E-state index contributed by atoms with van der Waals surface area (Å²) >= 11 is 3.52. The van der Waals surface area contributed by atoms with E-state index in [1.54, 1.807) is 22.7 Å². The van der Waals surface area contributed by atoms with E-state index in [0.717, 1.165) is 18.7 Å². The molecule has 0 saturated carbocycles. The molecule has 3 nitrogen and oxygen atoms in total. The zero-order valence-electron chi connectivity index (χ0n) is 11.1. The molecule has 0 amide bonds. The maximum absolute atomic E-state index is 5.62. The molecule has 0 aliphatic rings. The molecule has 0 aliphatic carbocycles. The highest BCUT2D eigenvalue weighted by Gasteiger charge is 2.12. The molecule has 0 saturated heterocycles. The zero-order valence-corrected chi connectivity index (χ0v) is 12.7. The first-order chi connectivity index (χ1) is 8.61. The van der Waals surface area contributed by atoms with Crippen molar-refractivity contribution in [2.75, 3.05) is 20.6 Å². The van der Waals surface area contributed by atoms with E-state index in [9.17, 15) is 0 Å². The van der Waals surface area contributed by atoms with Crippen molar-refractivity contribution in [3.05, 3.63) is 26.2 Å². The van der Waals surface area contributed by atoms with Crippen LogP contribution in [0.25, 0.3) is 11.3 Å². The smallest absolute Gasteiger partial charge is 0.107 e. The molecule has 0 bridgehead atoms. The van der Waals surface area contributed by atoms with Gasteiger partial charge in [-0.25, -0.2) is 4.98 Å². The van der Waals surface area contributed by atoms with Crippen molar-refractivity contribution < 1.29 is 0 Å². The Bertz CT molecular complexity index is 514. The molecular weight excluding hydrogens is 262 g/mol. The summed E-state index contributed by atoms with van der Waals surface area (Å²) in [5.41, 5.74) is 9.34. The summed E-state index contributed by atoms with van der Waals surface area (Å²) in [6.45, 7) is 3.79. The van der Waals surface area contributed by atoms with E-state index in [1.807, 2.05) is 0 Å². The fourth-order valence-corrected chi connectivity index (χ4v) is 3.86. The molecule has 0 aliphatic heterocycles. The average molecular weight is 281 g/mol. The molecule has 0 atom stereocenters. The number of thiazole rings is 1. The molecule has 5 heteroatoms. The summed E-state index contributed by atoms with van der Waals surface area (Å²) in [5, 5.41) is 5.52. The van der Waals surface area contributed by atoms with Crippen molar-refractivity contribution in [3.8, 4) is 11.3 Å². The molecule has 2 rings (SSSR count). The molecule has 0 unspecified atom stereocenters. The number of nitrogens with zero attached hydrogens (tertiary/aromatic N) is 2. The van der Waals surface area contributed by atoms with Gasteiger partial charge in [0.2, 0.25) is 0 Å². The van der Waals surface area contributed by atoms with Crippen molar-refractivity contribution in [1.29, 1.82) is 0 Å². The molecule has 18 heavy (non-hydrogen) atoms. The zero-order chi connectivity index (χ0) is 13.1. The molecule has 2 heterocycles. The third-order valence-corrected chi connectivity index (χ3v) is 4.77. The highest BCUT2D eigenvalue weighted by molar-refractivity contribution is 7.11. The van der Waals surface area contributed by atoms with Crippen LogP contribution in [0, 0.1) is 6.92 Å². The van der Waals surface area contributed by atoms with Gasteiger partial charge in [0, 0.05) is 27.7 Å². The molecule has 2 aromatic heterocycles. The van der Waals surface area contributed by atoms with Crippen molar-refractivity contribution in [1.82, 2.24) is 9.88 Å². The Morgan fingerprint density at radius 1 is 1.28 bits per heavy atom. The van der Waals surface area contributed by atoms with Gasteiger partial charge in [-0.3, -0.25) is 0 Å². The van der Waals surface area contributed by atoms with Gasteiger partial charge < -0.3 is 10.6 Å². The summed E-state index contributed by atoms with van der Waals surface area (Å²) < 4.78 is 0. The summed E-state index contributed by atoms with van der Waals surface area (Å²) in [4.78, 5) is 8.23. The number of nitrogens with two attached hydrogens (primary N) is 1. The number of rotatable bonds is 5. The van der Waals surface area contributed by atoms with Crippen LogP contribution < -0.4 is 5.73 Å². The van der Waals surface area contributed by atoms with Crippen LogP contribution in [0.3, 0.4) is 0 Å². The van der Waals surface area contributed by atoms with E-state index in [4.69, 9.17) is 10.7 Å². The largest absolute Gasteiger partial charge is 0.330 e. The topological polar surface area (TPSA) is 42.2 Å². The predicted molar refractivity (Wildman–Crippen MR) is 80.3 cm³/mol. The number of hydrogen-bond acceptors (Lipinski definition) is 5. The van der Waals surface area contributed by atoms with Gasteiger partial charge in [-0.05, 0) is 39.5 Å². The van der Waals surface area contributed by atoms with Crippen LogP contribution in [0.1, 0.15) is 15.4 Å². The van der Waals surface area contributed by atoms with Crippen molar-refractivity contribution in [2.45, 2.75) is 19.9 Å². The average Bonchev–Trinajstić information content (AvgIpc) is 2.87. The second-order valence-corrected chi connectivity index (χ2v) is 6.51. The van der Waals surface area contributed by atoms with Crippen LogP contribution in [-0.2, 0) is 13.0 Å². The number of thiophene rings is 1. The van der Waals surface area contributed by atoms with Crippen molar-refractivity contribution in [2.24, 2.45) is 5.73 Å². The van der Waals surface area contributed by atoms with Crippen LogP contribution >= 0.6 is 22.7 Å². The minimum atomic E-state index is 0.712. The van der Waals surface area contributed by atoms with E-state index in [-0.39, 0.29) is 0 Å². The molecule has 98 valence electrons. The third-order valence-electron chi connectivity index (χ3n) is 2.79. The molecule has 0 spiro atoms. The Hall–Kier alpha value is -0.750. The lowest BCUT2D eigenvalue weighted by Crippen LogP contribution is -2.10. The summed E-state index contributed by atoms with van der Waals surface area (Å²) in [6, 6.07) is 0. The van der Waals surface area contributed by atoms with Gasteiger partial charge in [0.15, 0.2) is 0 Å². The lowest BCUT2D eigenvalue weighted by Gasteiger charge is -2.05. The summed E-state index contributed by atoms with van der Waals surface area (Å²) in [7, 11) is 4.13. The van der Waals surface area contributed by atoms with Gasteiger partial charge in [0.05, 0.1) is 5.69 Å². The Balaban J connectivity index is 2.23. The standard InChI is InChI=1S/C13H19N3S2/c1-9-10(7-17-12(9)4-5-14)11-8-18-13(15-11)6-16(2)3/h7-8H,4-6,14H2,1-3H3. The SMILES string of the molecule is Cc1c(-c2csc(CN(C)C)n2)csc1CCN. The van der Waals surface area contributed by atoms with Gasteiger partial charge in [-0.1, -0.05) is 0 Å². The first-order valence-corrected chi connectivity index (χ1v) is 7.74. The van der Waals surface area contributed by atoms with Crippen LogP contribution in [0.15, 0.2) is 10.8 Å². The Kier molecular flexibility index (Phi) is 4.50. The van der Waals surface area contributed by atoms with Crippen LogP contribution in [0.5, 0.6) is 0 Å². The predicted octanol–water partition coefficient (Wildman–Crippen LogP) is 2.74. The maximum Gasteiger partial charge on any atom is 0.107 e. The fourth-order valence-electron chi connectivity index (χ4n) is 1.86. The van der Waals surface area contributed by atoms with E-state index >= 15 is 0 Å². The first kappa shape index (κ1) is 13.7. The Morgan fingerprint density at radius 2 is 2.06 bits per heavy atom. The Morgan fingerprint density at radius 3 is 2.72 bits per heavy atom. The summed E-state index contributed by atoms with van der Waals surface area (Å²) in [5.74, 6) is 0. The maximum atomic E-state index is 5.62. The highest BCUT2D eigenvalue weighted by Crippen LogP contribution is 2.32. The Labute approximate surface area is 116 Å². The normalized spacial score (nSPS) is 11.4. The monoisotopic (exact) mass is 281 g/mol. The van der Waals surface area contributed by atoms with Gasteiger partial charge in [-0.2, -0.15) is 0 Å².